The van der Waals surface area contributed by atoms with Gasteiger partial charge in [0.15, 0.2) is 0 Å². The Hall–Kier alpha value is -2.91. The Morgan fingerprint density at radius 3 is 2.74 bits per heavy atom. The summed E-state index contributed by atoms with van der Waals surface area (Å²) in [6, 6.07) is 18.3. The van der Waals surface area contributed by atoms with Gasteiger partial charge in [-0.05, 0) is 29.8 Å². The fourth-order valence-electron chi connectivity index (χ4n) is 4.25. The summed E-state index contributed by atoms with van der Waals surface area (Å²) in [4.78, 5) is 15.8. The van der Waals surface area contributed by atoms with Gasteiger partial charge in [-0.1, -0.05) is 36.0 Å². The number of ether oxygens (including phenoxy) is 2. The van der Waals surface area contributed by atoms with Gasteiger partial charge in [-0.3, -0.25) is 4.79 Å². The molecule has 3 atom stereocenters. The third kappa shape index (κ3) is 2.28. The van der Waals surface area contributed by atoms with Crippen LogP contribution < -0.4 is 9.64 Å². The number of fused-ring (bicyclic) bond motifs is 4. The first-order valence-electron chi connectivity index (χ1n) is 8.74. The lowest BCUT2D eigenvalue weighted by Gasteiger charge is -2.40. The quantitative estimate of drug-likeness (QED) is 0.741. The van der Waals surface area contributed by atoms with Gasteiger partial charge in [0.25, 0.3) is 0 Å². The number of rotatable bonds is 2. The zero-order valence-electron chi connectivity index (χ0n) is 14.6. The van der Waals surface area contributed by atoms with Gasteiger partial charge in [0.2, 0.25) is 0 Å². The van der Waals surface area contributed by atoms with Crippen LogP contribution >= 0.6 is 11.8 Å². The fraction of sp³-hybridized carbons (Fsp3) is 0.238. The second-order valence-electron chi connectivity index (χ2n) is 6.76. The van der Waals surface area contributed by atoms with Crippen LogP contribution in [0.4, 0.5) is 5.69 Å². The number of anilines is 1. The summed E-state index contributed by atoms with van der Waals surface area (Å²) in [7, 11) is 1.64. The van der Waals surface area contributed by atoms with E-state index >= 15 is 0 Å². The van der Waals surface area contributed by atoms with Gasteiger partial charge >= 0.3 is 5.97 Å². The van der Waals surface area contributed by atoms with Crippen LogP contribution in [0.1, 0.15) is 11.6 Å². The van der Waals surface area contributed by atoms with Gasteiger partial charge in [-0.25, -0.2) is 0 Å². The van der Waals surface area contributed by atoms with Gasteiger partial charge in [0, 0.05) is 10.8 Å². The SMILES string of the molecule is COc1ccc([C@@H]2[C@H]3COC(=O)[C@H]3C(C#N)=C3Sc4ccccc4N32)cc1. The lowest BCUT2D eigenvalue weighted by Crippen LogP contribution is -2.40. The van der Waals surface area contributed by atoms with Crippen molar-refractivity contribution >= 4 is 23.4 Å². The smallest absolute Gasteiger partial charge is 0.314 e. The lowest BCUT2D eigenvalue weighted by atomic mass is 9.77. The van der Waals surface area contributed by atoms with Crippen molar-refractivity contribution in [1.82, 2.24) is 0 Å². The van der Waals surface area contributed by atoms with E-state index in [1.165, 1.54) is 0 Å². The molecule has 2 aromatic carbocycles. The second-order valence-corrected chi connectivity index (χ2v) is 7.79. The molecule has 1 fully saturated rings. The molecular formula is C21H16N2O3S. The van der Waals surface area contributed by atoms with Gasteiger partial charge < -0.3 is 14.4 Å². The average molecular weight is 376 g/mol. The summed E-state index contributed by atoms with van der Waals surface area (Å²) < 4.78 is 10.7. The molecule has 3 aliphatic rings. The number of para-hydroxylation sites is 1. The van der Waals surface area contributed by atoms with Crippen molar-refractivity contribution < 1.29 is 14.3 Å². The van der Waals surface area contributed by atoms with Crippen molar-refractivity contribution in [2.24, 2.45) is 11.8 Å². The summed E-state index contributed by atoms with van der Waals surface area (Å²) in [5, 5.41) is 10.7. The molecule has 0 bridgehead atoms. The van der Waals surface area contributed by atoms with Crippen LogP contribution in [0.2, 0.25) is 0 Å². The van der Waals surface area contributed by atoms with Crippen LogP contribution in [-0.2, 0) is 9.53 Å². The molecule has 134 valence electrons. The fourth-order valence-corrected chi connectivity index (χ4v) is 5.47. The first kappa shape index (κ1) is 16.3. The molecule has 6 heteroatoms. The van der Waals surface area contributed by atoms with Gasteiger partial charge in [0.1, 0.15) is 11.7 Å². The second kappa shape index (κ2) is 6.07. The van der Waals surface area contributed by atoms with Crippen molar-refractivity contribution in [1.29, 1.82) is 5.26 Å². The highest BCUT2D eigenvalue weighted by atomic mass is 32.2. The molecule has 2 aromatic rings. The van der Waals surface area contributed by atoms with Gasteiger partial charge in [-0.2, -0.15) is 5.26 Å². The van der Waals surface area contributed by atoms with Crippen LogP contribution in [0.25, 0.3) is 0 Å². The molecule has 0 aliphatic carbocycles. The Morgan fingerprint density at radius 2 is 2.00 bits per heavy atom. The van der Waals surface area contributed by atoms with E-state index in [0.717, 1.165) is 26.9 Å². The summed E-state index contributed by atoms with van der Waals surface area (Å²) >= 11 is 1.56. The Bertz CT molecular complexity index is 1010. The Balaban J connectivity index is 1.72. The molecule has 3 heterocycles. The predicted octanol–water partition coefficient (Wildman–Crippen LogP) is 3.89. The largest absolute Gasteiger partial charge is 0.497 e. The van der Waals surface area contributed by atoms with Gasteiger partial charge in [-0.15, -0.1) is 0 Å². The zero-order chi connectivity index (χ0) is 18.5. The molecule has 0 spiro atoms. The Morgan fingerprint density at radius 1 is 1.22 bits per heavy atom. The summed E-state index contributed by atoms with van der Waals surface area (Å²) in [5.74, 6) is -0.112. The van der Waals surface area contributed by atoms with Crippen LogP contribution in [-0.4, -0.2) is 19.7 Å². The molecule has 0 radical (unpaired) electrons. The Kier molecular flexibility index (Phi) is 3.66. The number of cyclic esters (lactones) is 1. The third-order valence-electron chi connectivity index (χ3n) is 5.45. The minimum absolute atomic E-state index is 0.0735. The minimum Gasteiger partial charge on any atom is -0.497 e. The normalized spacial score (nSPS) is 25.4. The summed E-state index contributed by atoms with van der Waals surface area (Å²) in [6.07, 6.45) is 0. The number of hydrogen-bond acceptors (Lipinski definition) is 6. The first-order chi connectivity index (χ1) is 13.2. The number of methoxy groups -OCH3 is 1. The molecule has 1 saturated heterocycles. The van der Waals surface area contributed by atoms with Crippen molar-refractivity contribution in [2.45, 2.75) is 10.9 Å². The maximum atomic E-state index is 12.5. The highest BCUT2D eigenvalue weighted by molar-refractivity contribution is 8.03. The monoisotopic (exact) mass is 376 g/mol. The molecule has 0 unspecified atom stereocenters. The number of esters is 1. The molecule has 0 N–H and O–H groups in total. The van der Waals surface area contributed by atoms with E-state index in [1.54, 1.807) is 18.9 Å². The standard InChI is InChI=1S/C21H16N2O3S/c1-25-13-8-6-12(7-9-13)19-15-11-26-21(24)18(15)14(10-22)20-23(19)16-4-2-3-5-17(16)27-20/h2-9,15,18-19H,11H2,1H3/t15-,18-,19+/m0/s1. The molecule has 5 nitrogen and oxygen atoms in total. The zero-order valence-corrected chi connectivity index (χ0v) is 15.4. The van der Waals surface area contributed by atoms with Crippen LogP contribution in [0.15, 0.2) is 64.0 Å². The highest BCUT2D eigenvalue weighted by Crippen LogP contribution is 2.58. The van der Waals surface area contributed by atoms with E-state index < -0.39 is 5.92 Å². The van der Waals surface area contributed by atoms with E-state index in [1.807, 2.05) is 36.4 Å². The highest BCUT2D eigenvalue weighted by Gasteiger charge is 2.53. The summed E-state index contributed by atoms with van der Waals surface area (Å²) in [5.41, 5.74) is 2.67. The van der Waals surface area contributed by atoms with E-state index in [4.69, 9.17) is 9.47 Å². The molecular weight excluding hydrogens is 360 g/mol. The molecule has 27 heavy (non-hydrogen) atoms. The molecule has 0 aromatic heterocycles. The summed E-state index contributed by atoms with van der Waals surface area (Å²) in [6.45, 7) is 0.321. The lowest BCUT2D eigenvalue weighted by molar-refractivity contribution is -0.140. The van der Waals surface area contributed by atoms with E-state index in [-0.39, 0.29) is 17.9 Å². The molecule has 0 saturated carbocycles. The minimum atomic E-state index is -0.504. The van der Waals surface area contributed by atoms with Crippen molar-refractivity contribution in [3.05, 3.63) is 64.7 Å². The molecule has 0 amide bonds. The number of carbonyl (C=O) groups excluding carboxylic acids is 1. The van der Waals surface area contributed by atoms with E-state index in [0.29, 0.717) is 12.2 Å². The number of thioether (sulfide) groups is 1. The van der Waals surface area contributed by atoms with Crippen LogP contribution in [0.3, 0.4) is 0 Å². The van der Waals surface area contributed by atoms with Crippen molar-refractivity contribution in [3.63, 3.8) is 0 Å². The van der Waals surface area contributed by atoms with Crippen molar-refractivity contribution in [2.75, 3.05) is 18.6 Å². The molecule has 5 rings (SSSR count). The average Bonchev–Trinajstić information content (AvgIpc) is 3.28. The van der Waals surface area contributed by atoms with Crippen LogP contribution in [0, 0.1) is 23.2 Å². The van der Waals surface area contributed by atoms with E-state index in [2.05, 4.69) is 23.1 Å². The van der Waals surface area contributed by atoms with Crippen molar-refractivity contribution in [3.8, 4) is 11.8 Å². The Labute approximate surface area is 161 Å². The number of benzene rings is 2. The number of nitriles is 1. The maximum absolute atomic E-state index is 12.5. The van der Waals surface area contributed by atoms with Gasteiger partial charge in [0.05, 0.1) is 42.1 Å². The first-order valence-corrected chi connectivity index (χ1v) is 9.55. The van der Waals surface area contributed by atoms with Crippen LogP contribution in [0.5, 0.6) is 5.75 Å². The predicted molar refractivity (Wildman–Crippen MR) is 101 cm³/mol. The third-order valence-corrected chi connectivity index (χ3v) is 6.63. The maximum Gasteiger partial charge on any atom is 0.314 e. The number of nitrogens with zero attached hydrogens (tertiary/aromatic N) is 2. The van der Waals surface area contributed by atoms with E-state index in [9.17, 15) is 10.1 Å². The molecule has 3 aliphatic heterocycles. The topological polar surface area (TPSA) is 62.6 Å². The number of hydrogen-bond donors (Lipinski definition) is 0. The number of carbonyl (C=O) groups is 1.